The third-order valence-corrected chi connectivity index (χ3v) is 1.24. The lowest BCUT2D eigenvalue weighted by atomic mass is 10.0. The average molecular weight is 214 g/mol. The van der Waals surface area contributed by atoms with Crippen molar-refractivity contribution in [2.75, 3.05) is 6.61 Å². The monoisotopic (exact) mass is 214 g/mol. The van der Waals surface area contributed by atoms with E-state index in [0.29, 0.717) is 0 Å². The smallest absolute Gasteiger partial charge is 0.393 e. The lowest BCUT2D eigenvalue weighted by Gasteiger charge is -2.26. The summed E-state index contributed by atoms with van der Waals surface area (Å²) in [6.07, 6.45) is -13.8. The van der Waals surface area contributed by atoms with Crippen LogP contribution in [0.5, 0.6) is 0 Å². The highest BCUT2D eigenvalue weighted by atomic mass is 19.4. The zero-order valence-electron chi connectivity index (χ0n) is 6.01. The van der Waals surface area contributed by atoms with Crippen LogP contribution in [0, 0.1) is 0 Å². The van der Waals surface area contributed by atoms with Gasteiger partial charge in [0, 0.05) is 0 Å². The maximum absolute atomic E-state index is 12.4. The van der Waals surface area contributed by atoms with Crippen molar-refractivity contribution in [2.45, 2.75) is 24.4 Å². The van der Waals surface area contributed by atoms with Crippen molar-refractivity contribution >= 4 is 0 Å². The second-order valence-electron chi connectivity index (χ2n) is 2.41. The molecule has 0 fully saturated rings. The number of hydrogen-bond acceptors (Lipinski definition) is 1. The van der Waals surface area contributed by atoms with E-state index in [0.717, 1.165) is 0 Å². The summed E-state index contributed by atoms with van der Waals surface area (Å²) in [5, 5.41) is 7.89. The van der Waals surface area contributed by atoms with Crippen LogP contribution < -0.4 is 0 Å². The number of alkyl halides is 7. The van der Waals surface area contributed by atoms with Crippen molar-refractivity contribution < 1.29 is 35.8 Å². The molecular formula is C5H5F7O. The Morgan fingerprint density at radius 2 is 1.23 bits per heavy atom. The Kier molecular flexibility index (Phi) is 3.18. The summed E-state index contributed by atoms with van der Waals surface area (Å²) in [6, 6.07) is 0. The van der Waals surface area contributed by atoms with Gasteiger partial charge in [-0.3, -0.25) is 0 Å². The van der Waals surface area contributed by atoms with Crippen molar-refractivity contribution in [3.8, 4) is 0 Å². The van der Waals surface area contributed by atoms with Gasteiger partial charge in [0.05, 0.1) is 13.0 Å². The third-order valence-electron chi connectivity index (χ3n) is 1.24. The normalized spacial score (nSPS) is 18.5. The minimum atomic E-state index is -5.72. The van der Waals surface area contributed by atoms with E-state index in [1.165, 1.54) is 0 Å². The maximum atomic E-state index is 12.4. The van der Waals surface area contributed by atoms with Gasteiger partial charge in [-0.25, -0.2) is 4.39 Å². The van der Waals surface area contributed by atoms with Crippen LogP contribution in [-0.2, 0) is 0 Å². The van der Waals surface area contributed by atoms with Crippen LogP contribution in [0.25, 0.3) is 0 Å². The standard InChI is InChI=1S/C5H5F7O/c6-3(2-13,5(10,11)12)1-4(7,8)9/h13H,1-2H2. The molecule has 0 aliphatic carbocycles. The Morgan fingerprint density at radius 3 is 1.31 bits per heavy atom. The van der Waals surface area contributed by atoms with Crippen molar-refractivity contribution in [3.05, 3.63) is 0 Å². The molecule has 0 heterocycles. The van der Waals surface area contributed by atoms with Crippen LogP contribution in [0.15, 0.2) is 0 Å². The predicted octanol–water partition coefficient (Wildman–Crippen LogP) is 2.20. The molecule has 0 saturated heterocycles. The van der Waals surface area contributed by atoms with E-state index in [9.17, 15) is 30.7 Å². The molecule has 0 saturated carbocycles. The van der Waals surface area contributed by atoms with Crippen LogP contribution in [0.1, 0.15) is 6.42 Å². The van der Waals surface area contributed by atoms with Gasteiger partial charge in [-0.05, 0) is 0 Å². The van der Waals surface area contributed by atoms with Crippen molar-refractivity contribution in [1.82, 2.24) is 0 Å². The van der Waals surface area contributed by atoms with E-state index in [1.807, 2.05) is 0 Å². The fourth-order valence-electron chi connectivity index (χ4n) is 0.563. The van der Waals surface area contributed by atoms with Gasteiger partial charge in [0.15, 0.2) is 0 Å². The quantitative estimate of drug-likeness (QED) is 0.698. The van der Waals surface area contributed by atoms with E-state index >= 15 is 0 Å². The summed E-state index contributed by atoms with van der Waals surface area (Å²) >= 11 is 0. The van der Waals surface area contributed by atoms with E-state index in [2.05, 4.69) is 0 Å². The minimum absolute atomic E-state index is 2.24. The van der Waals surface area contributed by atoms with Crippen LogP contribution in [0.4, 0.5) is 30.7 Å². The lowest BCUT2D eigenvalue weighted by Crippen LogP contribution is -2.47. The first-order chi connectivity index (χ1) is 5.52. The topological polar surface area (TPSA) is 20.2 Å². The molecule has 1 atom stereocenters. The van der Waals surface area contributed by atoms with E-state index in [1.54, 1.807) is 0 Å². The lowest BCUT2D eigenvalue weighted by molar-refractivity contribution is -0.276. The fourth-order valence-corrected chi connectivity index (χ4v) is 0.563. The summed E-state index contributed by atoms with van der Waals surface area (Å²) in [5.74, 6) is 0. The molecule has 13 heavy (non-hydrogen) atoms. The summed E-state index contributed by atoms with van der Waals surface area (Å²) in [7, 11) is 0. The van der Waals surface area contributed by atoms with Gasteiger partial charge >= 0.3 is 12.4 Å². The summed E-state index contributed by atoms with van der Waals surface area (Å²) in [6.45, 7) is -2.24. The Labute approximate surface area is 68.2 Å². The molecule has 1 nitrogen and oxygen atoms in total. The number of rotatable bonds is 2. The molecule has 1 N–H and O–H groups in total. The second kappa shape index (κ2) is 3.32. The van der Waals surface area contributed by atoms with Gasteiger partial charge in [0.25, 0.3) is 0 Å². The Balaban J connectivity index is 4.67. The molecule has 0 aliphatic heterocycles. The van der Waals surface area contributed by atoms with Crippen molar-refractivity contribution in [3.63, 3.8) is 0 Å². The Bertz CT molecular complexity index is 171. The van der Waals surface area contributed by atoms with Crippen LogP contribution in [0.2, 0.25) is 0 Å². The zero-order valence-corrected chi connectivity index (χ0v) is 6.01. The number of aliphatic hydroxyl groups is 1. The molecule has 0 rings (SSSR count). The molecule has 80 valence electrons. The number of hydrogen-bond donors (Lipinski definition) is 1. The SMILES string of the molecule is OCC(F)(CC(F)(F)F)C(F)(F)F. The van der Waals surface area contributed by atoms with Gasteiger partial charge in [-0.2, -0.15) is 26.3 Å². The van der Waals surface area contributed by atoms with Gasteiger partial charge in [-0.1, -0.05) is 0 Å². The van der Waals surface area contributed by atoms with Crippen molar-refractivity contribution in [1.29, 1.82) is 0 Å². The molecular weight excluding hydrogens is 209 g/mol. The molecule has 0 aliphatic rings. The van der Waals surface area contributed by atoms with Gasteiger partial charge in [0.1, 0.15) is 0 Å². The first-order valence-electron chi connectivity index (χ1n) is 2.95. The molecule has 0 bridgehead atoms. The van der Waals surface area contributed by atoms with Crippen LogP contribution in [-0.4, -0.2) is 29.7 Å². The number of aliphatic hydroxyl groups excluding tert-OH is 1. The summed E-state index contributed by atoms with van der Waals surface area (Å²) < 4.78 is 81.5. The highest BCUT2D eigenvalue weighted by Gasteiger charge is 2.60. The average Bonchev–Trinajstić information content (AvgIpc) is 1.81. The minimum Gasteiger partial charge on any atom is -0.393 e. The fraction of sp³-hybridized carbons (Fsp3) is 1.00. The van der Waals surface area contributed by atoms with E-state index < -0.39 is 31.0 Å². The highest BCUT2D eigenvalue weighted by Crippen LogP contribution is 2.41. The van der Waals surface area contributed by atoms with E-state index in [-0.39, 0.29) is 0 Å². The van der Waals surface area contributed by atoms with Gasteiger partial charge in [0.2, 0.25) is 5.67 Å². The summed E-state index contributed by atoms with van der Waals surface area (Å²) in [5.41, 5.74) is -4.61. The van der Waals surface area contributed by atoms with Crippen LogP contribution >= 0.6 is 0 Å². The molecule has 0 aromatic heterocycles. The highest BCUT2D eigenvalue weighted by molar-refractivity contribution is 4.88. The maximum Gasteiger partial charge on any atom is 0.425 e. The Hall–Kier alpha value is -0.530. The molecule has 0 radical (unpaired) electrons. The van der Waals surface area contributed by atoms with Gasteiger partial charge < -0.3 is 5.11 Å². The Morgan fingerprint density at radius 1 is 0.846 bits per heavy atom. The molecule has 1 unspecified atom stereocenters. The molecule has 8 heteroatoms. The second-order valence-corrected chi connectivity index (χ2v) is 2.41. The predicted molar refractivity (Wildman–Crippen MR) is 27.7 cm³/mol. The van der Waals surface area contributed by atoms with Gasteiger partial charge in [-0.15, -0.1) is 0 Å². The number of halogens is 7. The van der Waals surface area contributed by atoms with Crippen molar-refractivity contribution in [2.24, 2.45) is 0 Å². The first-order valence-corrected chi connectivity index (χ1v) is 2.95. The first kappa shape index (κ1) is 12.5. The third kappa shape index (κ3) is 3.37. The molecule has 0 aromatic rings. The van der Waals surface area contributed by atoms with E-state index in [4.69, 9.17) is 5.11 Å². The largest absolute Gasteiger partial charge is 0.425 e. The van der Waals surface area contributed by atoms with Crippen LogP contribution in [0.3, 0.4) is 0 Å². The molecule has 0 spiro atoms. The summed E-state index contributed by atoms with van der Waals surface area (Å²) in [4.78, 5) is 0. The molecule has 0 aromatic carbocycles. The molecule has 0 amide bonds. The zero-order chi connectivity index (χ0) is 10.9.